The maximum Gasteiger partial charge on any atom is 0.248 e. The van der Waals surface area contributed by atoms with Crippen molar-refractivity contribution < 1.29 is 14.3 Å². The zero-order valence-corrected chi connectivity index (χ0v) is 15.1. The number of amides is 1. The summed E-state index contributed by atoms with van der Waals surface area (Å²) >= 11 is 6.00. The molecule has 2 aromatic carbocycles. The lowest BCUT2D eigenvalue weighted by molar-refractivity contribution is -0.111. The van der Waals surface area contributed by atoms with Crippen LogP contribution in [0.3, 0.4) is 0 Å². The van der Waals surface area contributed by atoms with Crippen molar-refractivity contribution >= 4 is 40.2 Å². The van der Waals surface area contributed by atoms with E-state index in [9.17, 15) is 4.79 Å². The third kappa shape index (κ3) is 4.13. The first-order valence-electron chi connectivity index (χ1n) is 7.86. The van der Waals surface area contributed by atoms with Crippen molar-refractivity contribution in [1.29, 1.82) is 0 Å². The van der Waals surface area contributed by atoms with Gasteiger partial charge in [0.15, 0.2) is 0 Å². The predicted molar refractivity (Wildman–Crippen MR) is 104 cm³/mol. The number of benzene rings is 2. The summed E-state index contributed by atoms with van der Waals surface area (Å²) in [6.45, 7) is 0. The van der Waals surface area contributed by atoms with Crippen LogP contribution in [-0.4, -0.2) is 25.1 Å². The van der Waals surface area contributed by atoms with Crippen LogP contribution in [0.25, 0.3) is 17.0 Å². The van der Waals surface area contributed by atoms with E-state index in [-0.39, 0.29) is 5.91 Å². The number of aromatic nitrogens is 1. The molecule has 5 nitrogen and oxygen atoms in total. The quantitative estimate of drug-likeness (QED) is 0.671. The lowest BCUT2D eigenvalue weighted by Crippen LogP contribution is -2.09. The van der Waals surface area contributed by atoms with E-state index in [1.807, 2.05) is 24.3 Å². The van der Waals surface area contributed by atoms with Crippen LogP contribution in [-0.2, 0) is 4.79 Å². The number of anilines is 1. The third-order valence-electron chi connectivity index (χ3n) is 3.75. The van der Waals surface area contributed by atoms with Gasteiger partial charge in [0.1, 0.15) is 11.5 Å². The van der Waals surface area contributed by atoms with Gasteiger partial charge < -0.3 is 14.8 Å². The number of hydrogen-bond acceptors (Lipinski definition) is 4. The smallest absolute Gasteiger partial charge is 0.248 e. The number of halogens is 1. The highest BCUT2D eigenvalue weighted by atomic mass is 35.5. The van der Waals surface area contributed by atoms with Crippen LogP contribution in [0.4, 0.5) is 5.69 Å². The average Bonchev–Trinajstić information content (AvgIpc) is 2.66. The van der Waals surface area contributed by atoms with E-state index in [4.69, 9.17) is 21.1 Å². The molecule has 0 bridgehead atoms. The standard InChI is InChI=1S/C20H17ClN2O3/c1-25-16-8-9-17(19(12-16)26-2)23-20(24)10-7-15-6-4-13-3-5-14(21)11-18(13)22-15/h3-12H,1-2H3,(H,23,24). The normalized spacial score (nSPS) is 10.9. The van der Waals surface area contributed by atoms with Gasteiger partial charge in [-0.2, -0.15) is 0 Å². The maximum absolute atomic E-state index is 12.2. The minimum Gasteiger partial charge on any atom is -0.497 e. The molecule has 0 saturated heterocycles. The van der Waals surface area contributed by atoms with Gasteiger partial charge in [0, 0.05) is 22.6 Å². The van der Waals surface area contributed by atoms with Crippen molar-refractivity contribution in [2.24, 2.45) is 0 Å². The molecule has 0 aliphatic heterocycles. The summed E-state index contributed by atoms with van der Waals surface area (Å²) in [5.74, 6) is 0.875. The summed E-state index contributed by atoms with van der Waals surface area (Å²) < 4.78 is 10.4. The number of methoxy groups -OCH3 is 2. The van der Waals surface area contributed by atoms with Crippen molar-refractivity contribution in [2.75, 3.05) is 19.5 Å². The van der Waals surface area contributed by atoms with Crippen LogP contribution in [0.15, 0.2) is 54.6 Å². The molecule has 0 fully saturated rings. The highest BCUT2D eigenvalue weighted by Gasteiger charge is 2.07. The number of nitrogens with one attached hydrogen (secondary N) is 1. The van der Waals surface area contributed by atoms with Crippen molar-refractivity contribution in [3.63, 3.8) is 0 Å². The van der Waals surface area contributed by atoms with Gasteiger partial charge in [-0.15, -0.1) is 0 Å². The molecule has 0 saturated carbocycles. The lowest BCUT2D eigenvalue weighted by Gasteiger charge is -2.10. The molecule has 26 heavy (non-hydrogen) atoms. The average molecular weight is 369 g/mol. The van der Waals surface area contributed by atoms with Gasteiger partial charge in [0.05, 0.1) is 31.1 Å². The van der Waals surface area contributed by atoms with Crippen LogP contribution in [0, 0.1) is 0 Å². The molecule has 1 aromatic heterocycles. The van der Waals surface area contributed by atoms with Gasteiger partial charge in [-0.3, -0.25) is 4.79 Å². The molecule has 132 valence electrons. The Labute approximate surface area is 156 Å². The second kappa shape index (κ2) is 7.89. The van der Waals surface area contributed by atoms with Gasteiger partial charge in [0.25, 0.3) is 0 Å². The fourth-order valence-corrected chi connectivity index (χ4v) is 2.60. The molecule has 1 N–H and O–H groups in total. The molecule has 0 radical (unpaired) electrons. The Morgan fingerprint density at radius 2 is 1.88 bits per heavy atom. The molecule has 0 unspecified atom stereocenters. The fourth-order valence-electron chi connectivity index (χ4n) is 2.44. The number of carbonyl (C=O) groups excluding carboxylic acids is 1. The Kier molecular flexibility index (Phi) is 5.39. The zero-order valence-electron chi connectivity index (χ0n) is 14.3. The van der Waals surface area contributed by atoms with E-state index in [0.717, 1.165) is 10.9 Å². The van der Waals surface area contributed by atoms with Gasteiger partial charge in [-0.05, 0) is 36.4 Å². The van der Waals surface area contributed by atoms with Gasteiger partial charge in [-0.25, -0.2) is 4.98 Å². The monoisotopic (exact) mass is 368 g/mol. The summed E-state index contributed by atoms with van der Waals surface area (Å²) in [6, 6.07) is 14.5. The van der Waals surface area contributed by atoms with Crippen molar-refractivity contribution in [1.82, 2.24) is 4.98 Å². The minimum absolute atomic E-state index is 0.290. The van der Waals surface area contributed by atoms with Crippen LogP contribution in [0.5, 0.6) is 11.5 Å². The number of ether oxygens (including phenoxy) is 2. The molecule has 0 spiro atoms. The van der Waals surface area contributed by atoms with E-state index in [2.05, 4.69) is 10.3 Å². The summed E-state index contributed by atoms with van der Waals surface area (Å²) in [5.41, 5.74) is 2.00. The Bertz CT molecular complexity index is 986. The highest BCUT2D eigenvalue weighted by Crippen LogP contribution is 2.29. The Hall–Kier alpha value is -3.05. The van der Waals surface area contributed by atoms with E-state index in [1.54, 1.807) is 37.5 Å². The van der Waals surface area contributed by atoms with Crippen LogP contribution in [0.1, 0.15) is 5.69 Å². The third-order valence-corrected chi connectivity index (χ3v) is 3.98. The molecule has 3 aromatic rings. The van der Waals surface area contributed by atoms with Gasteiger partial charge in [-0.1, -0.05) is 23.7 Å². The highest BCUT2D eigenvalue weighted by molar-refractivity contribution is 6.31. The van der Waals surface area contributed by atoms with Crippen molar-refractivity contribution in [3.05, 3.63) is 65.3 Å². The number of pyridine rings is 1. The number of nitrogens with zero attached hydrogens (tertiary/aromatic N) is 1. The SMILES string of the molecule is COc1ccc(NC(=O)C=Cc2ccc3ccc(Cl)cc3n2)c(OC)c1. The minimum atomic E-state index is -0.290. The number of rotatable bonds is 5. The zero-order chi connectivity index (χ0) is 18.5. The van der Waals surface area contributed by atoms with E-state index in [0.29, 0.717) is 27.9 Å². The van der Waals surface area contributed by atoms with Crippen LogP contribution < -0.4 is 14.8 Å². The fraction of sp³-hybridized carbons (Fsp3) is 0.100. The van der Waals surface area contributed by atoms with E-state index >= 15 is 0 Å². The van der Waals surface area contributed by atoms with E-state index < -0.39 is 0 Å². The topological polar surface area (TPSA) is 60.5 Å². The van der Waals surface area contributed by atoms with Crippen LogP contribution in [0.2, 0.25) is 5.02 Å². The molecule has 0 aliphatic carbocycles. The lowest BCUT2D eigenvalue weighted by atomic mass is 10.2. The van der Waals surface area contributed by atoms with Gasteiger partial charge >= 0.3 is 0 Å². The molecular formula is C20H17ClN2O3. The van der Waals surface area contributed by atoms with Crippen molar-refractivity contribution in [2.45, 2.75) is 0 Å². The summed E-state index contributed by atoms with van der Waals surface area (Å²) in [5, 5.41) is 4.38. The summed E-state index contributed by atoms with van der Waals surface area (Å²) in [4.78, 5) is 16.7. The summed E-state index contributed by atoms with van der Waals surface area (Å²) in [7, 11) is 3.10. The molecule has 3 rings (SSSR count). The molecule has 6 heteroatoms. The molecule has 0 atom stereocenters. The Morgan fingerprint density at radius 1 is 1.08 bits per heavy atom. The first kappa shape index (κ1) is 17.8. The van der Waals surface area contributed by atoms with Crippen molar-refractivity contribution in [3.8, 4) is 11.5 Å². The molecule has 1 amide bonds. The summed E-state index contributed by atoms with van der Waals surface area (Å²) in [6.07, 6.45) is 3.06. The van der Waals surface area contributed by atoms with Gasteiger partial charge in [0.2, 0.25) is 5.91 Å². The molecule has 0 aliphatic rings. The predicted octanol–water partition coefficient (Wildman–Crippen LogP) is 4.56. The first-order chi connectivity index (χ1) is 12.6. The number of hydrogen-bond donors (Lipinski definition) is 1. The molecule has 1 heterocycles. The maximum atomic E-state index is 12.2. The number of fused-ring (bicyclic) bond motifs is 1. The largest absolute Gasteiger partial charge is 0.497 e. The van der Waals surface area contributed by atoms with E-state index in [1.165, 1.54) is 13.2 Å². The Balaban J connectivity index is 1.75. The Morgan fingerprint density at radius 3 is 2.65 bits per heavy atom. The first-order valence-corrected chi connectivity index (χ1v) is 8.24. The molecular weight excluding hydrogens is 352 g/mol. The number of carbonyl (C=O) groups is 1. The van der Waals surface area contributed by atoms with Crippen LogP contribution >= 0.6 is 11.6 Å². The second-order valence-corrected chi connectivity index (χ2v) is 5.90. The second-order valence-electron chi connectivity index (χ2n) is 5.46.